The van der Waals surface area contributed by atoms with Crippen molar-refractivity contribution in [2.24, 2.45) is 5.92 Å². The van der Waals surface area contributed by atoms with Gasteiger partial charge in [0.1, 0.15) is 0 Å². The number of ether oxygens (including phenoxy) is 2. The van der Waals surface area contributed by atoms with Crippen molar-refractivity contribution in [3.63, 3.8) is 0 Å². The van der Waals surface area contributed by atoms with E-state index in [0.717, 1.165) is 55.7 Å². The molecule has 1 atom stereocenters. The van der Waals surface area contributed by atoms with E-state index in [0.29, 0.717) is 12.7 Å². The number of rotatable bonds is 10. The van der Waals surface area contributed by atoms with Gasteiger partial charge in [0.05, 0.1) is 0 Å². The molecule has 0 saturated heterocycles. The first-order chi connectivity index (χ1) is 12.2. The highest BCUT2D eigenvalue weighted by molar-refractivity contribution is 5.87. The average Bonchev–Trinajstić information content (AvgIpc) is 3.09. The summed E-state index contributed by atoms with van der Waals surface area (Å²) in [7, 11) is 0. The van der Waals surface area contributed by atoms with Gasteiger partial charge in [-0.25, -0.2) is 0 Å². The van der Waals surface area contributed by atoms with Crippen molar-refractivity contribution in [1.82, 2.24) is 5.32 Å². The predicted molar refractivity (Wildman–Crippen MR) is 102 cm³/mol. The SMILES string of the molecule is CCC(C)CNC(=O)C=CCCCCC=Cc1ccc2c(c1)OCO2. The number of amides is 1. The highest BCUT2D eigenvalue weighted by Crippen LogP contribution is 2.32. The van der Waals surface area contributed by atoms with Crippen molar-refractivity contribution in [2.75, 3.05) is 13.3 Å². The molecule has 1 N–H and O–H groups in total. The van der Waals surface area contributed by atoms with E-state index in [1.807, 2.05) is 24.3 Å². The highest BCUT2D eigenvalue weighted by atomic mass is 16.7. The van der Waals surface area contributed by atoms with E-state index in [4.69, 9.17) is 9.47 Å². The van der Waals surface area contributed by atoms with E-state index in [1.165, 1.54) is 0 Å². The number of hydrogen-bond acceptors (Lipinski definition) is 3. The average molecular weight is 343 g/mol. The second-order valence-corrected chi connectivity index (χ2v) is 6.46. The second-order valence-electron chi connectivity index (χ2n) is 6.46. The van der Waals surface area contributed by atoms with Gasteiger partial charge in [-0.05, 0) is 55.4 Å². The zero-order valence-corrected chi connectivity index (χ0v) is 15.3. The van der Waals surface area contributed by atoms with Crippen LogP contribution in [0.4, 0.5) is 0 Å². The van der Waals surface area contributed by atoms with Gasteiger partial charge in [-0.1, -0.05) is 44.6 Å². The molecular formula is C21H29NO3. The predicted octanol–water partition coefficient (Wildman–Crippen LogP) is 4.71. The molecule has 1 aliphatic rings. The third-order valence-electron chi connectivity index (χ3n) is 4.29. The third-order valence-corrected chi connectivity index (χ3v) is 4.29. The van der Waals surface area contributed by atoms with Crippen molar-refractivity contribution >= 4 is 12.0 Å². The second kappa shape index (κ2) is 10.6. The number of carbonyl (C=O) groups excluding carboxylic acids is 1. The van der Waals surface area contributed by atoms with Gasteiger partial charge in [-0.15, -0.1) is 0 Å². The number of nitrogens with one attached hydrogen (secondary N) is 1. The molecule has 1 amide bonds. The normalized spacial score (nSPS) is 14.3. The molecule has 1 heterocycles. The summed E-state index contributed by atoms with van der Waals surface area (Å²) in [6.45, 7) is 5.34. The first kappa shape index (κ1) is 19.1. The molecule has 0 radical (unpaired) electrons. The molecule has 1 unspecified atom stereocenters. The van der Waals surface area contributed by atoms with Crippen molar-refractivity contribution in [1.29, 1.82) is 0 Å². The van der Waals surface area contributed by atoms with Crippen LogP contribution < -0.4 is 14.8 Å². The van der Waals surface area contributed by atoms with Crippen LogP contribution in [0.2, 0.25) is 0 Å². The summed E-state index contributed by atoms with van der Waals surface area (Å²) in [5.41, 5.74) is 1.13. The fraction of sp³-hybridized carbons (Fsp3) is 0.476. The minimum atomic E-state index is 0.0167. The Labute approximate surface area is 150 Å². The maximum absolute atomic E-state index is 11.6. The fourth-order valence-corrected chi connectivity index (χ4v) is 2.43. The van der Waals surface area contributed by atoms with Gasteiger partial charge in [-0.2, -0.15) is 0 Å². The summed E-state index contributed by atoms with van der Waals surface area (Å²) >= 11 is 0. The molecule has 4 nitrogen and oxygen atoms in total. The summed E-state index contributed by atoms with van der Waals surface area (Å²) in [5, 5.41) is 2.92. The van der Waals surface area contributed by atoms with Gasteiger partial charge in [0.15, 0.2) is 11.5 Å². The van der Waals surface area contributed by atoms with E-state index in [2.05, 4.69) is 31.3 Å². The molecule has 1 aromatic rings. The molecule has 25 heavy (non-hydrogen) atoms. The number of unbranched alkanes of at least 4 members (excludes halogenated alkanes) is 3. The van der Waals surface area contributed by atoms with E-state index in [9.17, 15) is 4.79 Å². The first-order valence-corrected chi connectivity index (χ1v) is 9.19. The lowest BCUT2D eigenvalue weighted by Gasteiger charge is -2.07. The van der Waals surface area contributed by atoms with Crippen LogP contribution in [0.3, 0.4) is 0 Å². The Morgan fingerprint density at radius 3 is 2.76 bits per heavy atom. The lowest BCUT2D eigenvalue weighted by molar-refractivity contribution is -0.116. The maximum Gasteiger partial charge on any atom is 0.243 e. The molecule has 0 aromatic heterocycles. The summed E-state index contributed by atoms with van der Waals surface area (Å²) in [4.78, 5) is 11.6. The molecule has 1 aromatic carbocycles. The standard InChI is InChI=1S/C21H29NO3/c1-3-17(2)15-22-21(23)11-9-7-5-4-6-8-10-18-12-13-19-20(14-18)25-16-24-19/h8-14,17H,3-7,15-16H2,1-2H3,(H,22,23). The van der Waals surface area contributed by atoms with Gasteiger partial charge >= 0.3 is 0 Å². The van der Waals surface area contributed by atoms with Crippen molar-refractivity contribution in [2.45, 2.75) is 46.0 Å². The van der Waals surface area contributed by atoms with Crippen molar-refractivity contribution in [3.05, 3.63) is 42.0 Å². The van der Waals surface area contributed by atoms with E-state index >= 15 is 0 Å². The first-order valence-electron chi connectivity index (χ1n) is 9.19. The molecule has 0 bridgehead atoms. The minimum absolute atomic E-state index is 0.0167. The van der Waals surface area contributed by atoms with Gasteiger partial charge in [0.2, 0.25) is 12.7 Å². The van der Waals surface area contributed by atoms with Crippen LogP contribution in [0.5, 0.6) is 11.5 Å². The number of carbonyl (C=O) groups is 1. The Morgan fingerprint density at radius 1 is 1.20 bits per heavy atom. The molecule has 1 aliphatic heterocycles. The minimum Gasteiger partial charge on any atom is -0.454 e. The summed E-state index contributed by atoms with van der Waals surface area (Å²) < 4.78 is 10.7. The number of hydrogen-bond donors (Lipinski definition) is 1. The van der Waals surface area contributed by atoms with Crippen LogP contribution in [0, 0.1) is 5.92 Å². The Balaban J connectivity index is 1.56. The number of benzene rings is 1. The highest BCUT2D eigenvalue weighted by Gasteiger charge is 2.11. The Morgan fingerprint density at radius 2 is 1.96 bits per heavy atom. The van der Waals surface area contributed by atoms with Gasteiger partial charge in [0.25, 0.3) is 0 Å². The summed E-state index contributed by atoms with van der Waals surface area (Å²) in [5.74, 6) is 2.19. The Hall–Kier alpha value is -2.23. The summed E-state index contributed by atoms with van der Waals surface area (Å²) in [6, 6.07) is 5.98. The fourth-order valence-electron chi connectivity index (χ4n) is 2.43. The van der Waals surface area contributed by atoms with Gasteiger partial charge < -0.3 is 14.8 Å². The van der Waals surface area contributed by atoms with E-state index in [1.54, 1.807) is 6.08 Å². The Kier molecular flexibility index (Phi) is 8.10. The molecule has 4 heteroatoms. The number of allylic oxidation sites excluding steroid dienone is 2. The number of fused-ring (bicyclic) bond motifs is 1. The molecule has 0 fully saturated rings. The van der Waals surface area contributed by atoms with Crippen LogP contribution in [0.25, 0.3) is 6.08 Å². The zero-order valence-electron chi connectivity index (χ0n) is 15.3. The smallest absolute Gasteiger partial charge is 0.243 e. The van der Waals surface area contributed by atoms with Gasteiger partial charge in [-0.3, -0.25) is 4.79 Å². The quantitative estimate of drug-likeness (QED) is 0.494. The van der Waals surface area contributed by atoms with E-state index in [-0.39, 0.29) is 5.91 Å². The van der Waals surface area contributed by atoms with Gasteiger partial charge in [0, 0.05) is 6.54 Å². The van der Waals surface area contributed by atoms with Crippen LogP contribution in [0.1, 0.15) is 51.5 Å². The monoisotopic (exact) mass is 343 g/mol. The molecule has 2 rings (SSSR count). The van der Waals surface area contributed by atoms with E-state index < -0.39 is 0 Å². The molecule has 0 spiro atoms. The van der Waals surface area contributed by atoms with Crippen LogP contribution in [-0.4, -0.2) is 19.2 Å². The van der Waals surface area contributed by atoms with Crippen LogP contribution in [-0.2, 0) is 4.79 Å². The molecule has 0 saturated carbocycles. The lowest BCUT2D eigenvalue weighted by atomic mass is 10.1. The third kappa shape index (κ3) is 7.04. The van der Waals surface area contributed by atoms with Crippen molar-refractivity contribution < 1.29 is 14.3 Å². The van der Waals surface area contributed by atoms with Crippen LogP contribution >= 0.6 is 0 Å². The lowest BCUT2D eigenvalue weighted by Crippen LogP contribution is -2.26. The largest absolute Gasteiger partial charge is 0.454 e. The molecule has 0 aliphatic carbocycles. The Bertz CT molecular complexity index is 607. The maximum atomic E-state index is 11.6. The molecular weight excluding hydrogens is 314 g/mol. The van der Waals surface area contributed by atoms with Crippen LogP contribution in [0.15, 0.2) is 36.4 Å². The summed E-state index contributed by atoms with van der Waals surface area (Å²) in [6.07, 6.45) is 13.2. The zero-order chi connectivity index (χ0) is 17.9. The topological polar surface area (TPSA) is 47.6 Å². The van der Waals surface area contributed by atoms with Crippen molar-refractivity contribution in [3.8, 4) is 11.5 Å². The molecule has 136 valence electrons.